The van der Waals surface area contributed by atoms with E-state index in [4.69, 9.17) is 4.74 Å². The number of carbonyl (C=O) groups is 1. The molecule has 0 aliphatic heterocycles. The number of nitrogens with one attached hydrogen (secondary N) is 1. The van der Waals surface area contributed by atoms with E-state index in [1.165, 1.54) is 17.4 Å². The molecule has 0 atom stereocenters. The molecule has 31 heavy (non-hydrogen) atoms. The summed E-state index contributed by atoms with van der Waals surface area (Å²) in [6, 6.07) is 17.3. The van der Waals surface area contributed by atoms with Crippen molar-refractivity contribution in [2.45, 2.75) is 13.8 Å². The summed E-state index contributed by atoms with van der Waals surface area (Å²) in [6.07, 6.45) is 0. The number of rotatable bonds is 7. The van der Waals surface area contributed by atoms with E-state index in [1.807, 2.05) is 25.3 Å². The third-order valence-corrected chi connectivity index (χ3v) is 5.23. The Balaban J connectivity index is 1.64. The highest BCUT2D eigenvalue weighted by Crippen LogP contribution is 2.26. The SMILES string of the molecule is CC(C)COc1nc(-c2ccccc2F)n(-c2ccc(NC(=O)c3cccs3)cc2)n1. The fourth-order valence-electron chi connectivity index (χ4n) is 2.88. The first kappa shape index (κ1) is 20.7. The van der Waals surface area contributed by atoms with Gasteiger partial charge in [-0.2, -0.15) is 4.98 Å². The Kier molecular flexibility index (Phi) is 6.08. The maximum absolute atomic E-state index is 14.5. The minimum absolute atomic E-state index is 0.167. The van der Waals surface area contributed by atoms with Crippen LogP contribution in [-0.2, 0) is 0 Å². The second-order valence-electron chi connectivity index (χ2n) is 7.29. The van der Waals surface area contributed by atoms with Crippen molar-refractivity contribution in [3.8, 4) is 23.1 Å². The molecule has 4 aromatic rings. The van der Waals surface area contributed by atoms with E-state index in [1.54, 1.807) is 53.2 Å². The summed E-state index contributed by atoms with van der Waals surface area (Å²) in [5.74, 6) is 0.0774. The summed E-state index contributed by atoms with van der Waals surface area (Å²) in [5, 5.41) is 9.14. The van der Waals surface area contributed by atoms with Crippen LogP contribution in [-0.4, -0.2) is 27.3 Å². The minimum atomic E-state index is -0.397. The first-order chi connectivity index (χ1) is 15.0. The van der Waals surface area contributed by atoms with Gasteiger partial charge in [0.05, 0.1) is 22.7 Å². The highest BCUT2D eigenvalue weighted by atomic mass is 32.1. The van der Waals surface area contributed by atoms with Crippen LogP contribution in [0.25, 0.3) is 17.1 Å². The molecule has 0 bridgehead atoms. The molecular formula is C23H21FN4O2S. The smallest absolute Gasteiger partial charge is 0.336 e. The van der Waals surface area contributed by atoms with Crippen molar-refractivity contribution in [3.05, 3.63) is 76.7 Å². The van der Waals surface area contributed by atoms with Crippen molar-refractivity contribution in [2.24, 2.45) is 5.92 Å². The van der Waals surface area contributed by atoms with E-state index in [0.717, 1.165) is 0 Å². The summed E-state index contributed by atoms with van der Waals surface area (Å²) in [6.45, 7) is 4.50. The van der Waals surface area contributed by atoms with Crippen LogP contribution in [0.3, 0.4) is 0 Å². The van der Waals surface area contributed by atoms with Crippen molar-refractivity contribution in [3.63, 3.8) is 0 Å². The molecule has 0 radical (unpaired) electrons. The number of anilines is 1. The fourth-order valence-corrected chi connectivity index (χ4v) is 3.50. The van der Waals surface area contributed by atoms with E-state index in [9.17, 15) is 9.18 Å². The first-order valence-corrected chi connectivity index (χ1v) is 10.7. The molecule has 1 amide bonds. The Hall–Kier alpha value is -3.52. The molecule has 2 heterocycles. The van der Waals surface area contributed by atoms with Crippen molar-refractivity contribution in [2.75, 3.05) is 11.9 Å². The molecule has 8 heteroatoms. The van der Waals surface area contributed by atoms with E-state index < -0.39 is 5.82 Å². The molecule has 0 unspecified atom stereocenters. The van der Waals surface area contributed by atoms with Gasteiger partial charge in [-0.25, -0.2) is 9.07 Å². The maximum Gasteiger partial charge on any atom is 0.336 e. The van der Waals surface area contributed by atoms with Crippen LogP contribution in [0.2, 0.25) is 0 Å². The average Bonchev–Trinajstić information content (AvgIpc) is 3.44. The molecular weight excluding hydrogens is 415 g/mol. The van der Waals surface area contributed by atoms with Gasteiger partial charge in [-0.3, -0.25) is 4.79 Å². The van der Waals surface area contributed by atoms with Crippen LogP contribution >= 0.6 is 11.3 Å². The van der Waals surface area contributed by atoms with Gasteiger partial charge in [-0.05, 0) is 53.8 Å². The normalized spacial score (nSPS) is 11.0. The van der Waals surface area contributed by atoms with E-state index in [-0.39, 0.29) is 11.9 Å². The van der Waals surface area contributed by atoms with Gasteiger partial charge in [0.25, 0.3) is 5.91 Å². The summed E-state index contributed by atoms with van der Waals surface area (Å²) in [7, 11) is 0. The fraction of sp³-hybridized carbons (Fsp3) is 0.174. The molecule has 2 aromatic carbocycles. The number of hydrogen-bond acceptors (Lipinski definition) is 5. The standard InChI is InChI=1S/C23H21FN4O2S/c1-15(2)14-30-23-26-21(18-6-3-4-7-19(18)24)28(27-23)17-11-9-16(10-12-17)25-22(29)20-8-5-13-31-20/h3-13,15H,14H2,1-2H3,(H,25,29). The van der Waals surface area contributed by atoms with Crippen LogP contribution in [0.1, 0.15) is 23.5 Å². The van der Waals surface area contributed by atoms with Gasteiger partial charge in [0.1, 0.15) is 5.82 Å². The van der Waals surface area contributed by atoms with Crippen LogP contribution in [0, 0.1) is 11.7 Å². The van der Waals surface area contributed by atoms with E-state index in [0.29, 0.717) is 40.2 Å². The number of aromatic nitrogens is 3. The monoisotopic (exact) mass is 436 g/mol. The lowest BCUT2D eigenvalue weighted by Gasteiger charge is -2.08. The lowest BCUT2D eigenvalue weighted by atomic mass is 10.2. The Morgan fingerprint density at radius 3 is 2.58 bits per heavy atom. The van der Waals surface area contributed by atoms with Gasteiger partial charge in [-0.1, -0.05) is 32.0 Å². The quantitative estimate of drug-likeness (QED) is 0.420. The zero-order valence-electron chi connectivity index (χ0n) is 17.1. The van der Waals surface area contributed by atoms with E-state index in [2.05, 4.69) is 15.4 Å². The number of amides is 1. The van der Waals surface area contributed by atoms with Crippen molar-refractivity contribution in [1.29, 1.82) is 0 Å². The third kappa shape index (κ3) is 4.80. The number of benzene rings is 2. The van der Waals surface area contributed by atoms with Gasteiger partial charge >= 0.3 is 6.01 Å². The molecule has 6 nitrogen and oxygen atoms in total. The molecule has 0 aliphatic carbocycles. The van der Waals surface area contributed by atoms with Crippen LogP contribution < -0.4 is 10.1 Å². The third-order valence-electron chi connectivity index (χ3n) is 4.36. The number of thiophene rings is 1. The molecule has 158 valence electrons. The molecule has 0 spiro atoms. The van der Waals surface area contributed by atoms with Gasteiger partial charge < -0.3 is 10.1 Å². The van der Waals surface area contributed by atoms with Gasteiger partial charge in [0.2, 0.25) is 0 Å². The zero-order chi connectivity index (χ0) is 21.8. The van der Waals surface area contributed by atoms with E-state index >= 15 is 0 Å². The van der Waals surface area contributed by atoms with Crippen LogP contribution in [0.5, 0.6) is 6.01 Å². The molecule has 0 fully saturated rings. The predicted molar refractivity (Wildman–Crippen MR) is 119 cm³/mol. The van der Waals surface area contributed by atoms with Crippen LogP contribution in [0.4, 0.5) is 10.1 Å². The lowest BCUT2D eigenvalue weighted by Crippen LogP contribution is -2.10. The maximum atomic E-state index is 14.5. The summed E-state index contributed by atoms with van der Waals surface area (Å²) < 4.78 is 21.7. The average molecular weight is 437 g/mol. The highest BCUT2D eigenvalue weighted by Gasteiger charge is 2.18. The second kappa shape index (κ2) is 9.09. The number of hydrogen-bond donors (Lipinski definition) is 1. The molecule has 0 saturated carbocycles. The highest BCUT2D eigenvalue weighted by molar-refractivity contribution is 7.12. The number of halogens is 1. The Bertz CT molecular complexity index is 1170. The summed E-state index contributed by atoms with van der Waals surface area (Å²) in [4.78, 5) is 17.3. The Morgan fingerprint density at radius 1 is 1.13 bits per heavy atom. The van der Waals surface area contributed by atoms with Gasteiger partial charge in [0, 0.05) is 5.69 Å². The topological polar surface area (TPSA) is 69.0 Å². The predicted octanol–water partition coefficient (Wildman–Crippen LogP) is 5.42. The number of nitrogens with zero attached hydrogens (tertiary/aromatic N) is 3. The largest absolute Gasteiger partial charge is 0.462 e. The molecule has 0 aliphatic rings. The molecule has 4 rings (SSSR count). The Labute approximate surface area is 183 Å². The summed E-state index contributed by atoms with van der Waals surface area (Å²) >= 11 is 1.38. The van der Waals surface area contributed by atoms with Crippen molar-refractivity contribution >= 4 is 22.9 Å². The molecule has 1 N–H and O–H groups in total. The van der Waals surface area contributed by atoms with Gasteiger partial charge in [0.15, 0.2) is 5.82 Å². The van der Waals surface area contributed by atoms with Crippen molar-refractivity contribution < 1.29 is 13.9 Å². The zero-order valence-corrected chi connectivity index (χ0v) is 17.9. The van der Waals surface area contributed by atoms with Gasteiger partial charge in [-0.15, -0.1) is 16.4 Å². The number of carbonyl (C=O) groups excluding carboxylic acids is 1. The Morgan fingerprint density at radius 2 is 1.90 bits per heavy atom. The summed E-state index contributed by atoms with van der Waals surface area (Å²) in [5.41, 5.74) is 1.63. The molecule has 2 aromatic heterocycles. The van der Waals surface area contributed by atoms with Crippen molar-refractivity contribution in [1.82, 2.24) is 14.8 Å². The van der Waals surface area contributed by atoms with Crippen LogP contribution in [0.15, 0.2) is 66.0 Å². The molecule has 0 saturated heterocycles. The minimum Gasteiger partial charge on any atom is -0.462 e. The first-order valence-electron chi connectivity index (χ1n) is 9.81. The number of ether oxygens (including phenoxy) is 1. The second-order valence-corrected chi connectivity index (χ2v) is 8.24. The lowest BCUT2D eigenvalue weighted by molar-refractivity contribution is 0.103.